The molecule has 0 spiro atoms. The third-order valence-corrected chi connectivity index (χ3v) is 3.24. The molecule has 0 saturated heterocycles. The normalized spacial score (nSPS) is 10.2. The van der Waals surface area contributed by atoms with Gasteiger partial charge in [0, 0.05) is 32.0 Å². The minimum absolute atomic E-state index is 1.05. The SMILES string of the molecule is CSCCCNc1ccc(C)c(N(C)C)c1. The summed E-state index contributed by atoms with van der Waals surface area (Å²) in [6.45, 7) is 3.20. The van der Waals surface area contributed by atoms with Gasteiger partial charge in [-0.05, 0) is 43.0 Å². The molecule has 0 aliphatic carbocycles. The van der Waals surface area contributed by atoms with E-state index in [1.54, 1.807) is 0 Å². The number of nitrogens with one attached hydrogen (secondary N) is 1. The Labute approximate surface area is 103 Å². The number of aryl methyl sites for hydroxylation is 1. The zero-order chi connectivity index (χ0) is 12.0. The van der Waals surface area contributed by atoms with Gasteiger partial charge >= 0.3 is 0 Å². The molecule has 1 aromatic carbocycles. The lowest BCUT2D eigenvalue weighted by molar-refractivity contribution is 0.992. The summed E-state index contributed by atoms with van der Waals surface area (Å²) in [5.74, 6) is 1.22. The van der Waals surface area contributed by atoms with Gasteiger partial charge in [0.2, 0.25) is 0 Å². The highest BCUT2D eigenvalue weighted by atomic mass is 32.2. The van der Waals surface area contributed by atoms with Gasteiger partial charge in [0.1, 0.15) is 0 Å². The third-order valence-electron chi connectivity index (χ3n) is 2.55. The summed E-state index contributed by atoms with van der Waals surface area (Å²) in [6.07, 6.45) is 3.36. The molecule has 16 heavy (non-hydrogen) atoms. The van der Waals surface area contributed by atoms with Crippen molar-refractivity contribution in [1.29, 1.82) is 0 Å². The van der Waals surface area contributed by atoms with Crippen LogP contribution in [0.15, 0.2) is 18.2 Å². The molecule has 0 fully saturated rings. The number of thioether (sulfide) groups is 1. The van der Waals surface area contributed by atoms with Crippen LogP contribution in [-0.2, 0) is 0 Å². The highest BCUT2D eigenvalue weighted by molar-refractivity contribution is 7.98. The average molecular weight is 238 g/mol. The van der Waals surface area contributed by atoms with E-state index in [1.165, 1.54) is 29.1 Å². The van der Waals surface area contributed by atoms with Crippen LogP contribution >= 0.6 is 11.8 Å². The van der Waals surface area contributed by atoms with Crippen LogP contribution in [0.2, 0.25) is 0 Å². The first-order valence-corrected chi connectivity index (χ1v) is 7.05. The smallest absolute Gasteiger partial charge is 0.0411 e. The zero-order valence-electron chi connectivity index (χ0n) is 10.7. The van der Waals surface area contributed by atoms with Gasteiger partial charge in [-0.3, -0.25) is 0 Å². The van der Waals surface area contributed by atoms with Crippen molar-refractivity contribution in [2.45, 2.75) is 13.3 Å². The molecule has 0 aromatic heterocycles. The Morgan fingerprint density at radius 2 is 2.06 bits per heavy atom. The van der Waals surface area contributed by atoms with Crippen molar-refractivity contribution in [3.05, 3.63) is 23.8 Å². The van der Waals surface area contributed by atoms with Gasteiger partial charge in [0.05, 0.1) is 0 Å². The fraction of sp³-hybridized carbons (Fsp3) is 0.538. The van der Waals surface area contributed by atoms with Gasteiger partial charge in [-0.1, -0.05) is 6.07 Å². The molecule has 1 aromatic rings. The number of anilines is 2. The van der Waals surface area contributed by atoms with Crippen LogP contribution in [0.3, 0.4) is 0 Å². The van der Waals surface area contributed by atoms with E-state index in [0.29, 0.717) is 0 Å². The largest absolute Gasteiger partial charge is 0.385 e. The van der Waals surface area contributed by atoms with Crippen LogP contribution in [0.1, 0.15) is 12.0 Å². The quantitative estimate of drug-likeness (QED) is 0.766. The van der Waals surface area contributed by atoms with E-state index in [1.807, 2.05) is 11.8 Å². The second kappa shape index (κ2) is 6.69. The summed E-state index contributed by atoms with van der Waals surface area (Å²) in [5, 5.41) is 3.46. The van der Waals surface area contributed by atoms with Crippen LogP contribution < -0.4 is 10.2 Å². The second-order valence-corrected chi connectivity index (χ2v) is 5.15. The molecule has 0 unspecified atom stereocenters. The maximum atomic E-state index is 3.46. The van der Waals surface area contributed by atoms with Crippen LogP contribution in [-0.4, -0.2) is 32.6 Å². The lowest BCUT2D eigenvalue weighted by Crippen LogP contribution is -2.11. The molecule has 3 heteroatoms. The Bertz CT molecular complexity index is 324. The molecule has 0 saturated carbocycles. The standard InChI is InChI=1S/C13H22N2S/c1-11-6-7-12(10-13(11)15(2)3)14-8-5-9-16-4/h6-7,10,14H,5,8-9H2,1-4H3. The van der Waals surface area contributed by atoms with Crippen molar-refractivity contribution in [1.82, 2.24) is 0 Å². The Morgan fingerprint density at radius 3 is 2.69 bits per heavy atom. The van der Waals surface area contributed by atoms with Gasteiger partial charge in [-0.25, -0.2) is 0 Å². The van der Waals surface area contributed by atoms with E-state index in [0.717, 1.165) is 6.54 Å². The minimum Gasteiger partial charge on any atom is -0.385 e. The lowest BCUT2D eigenvalue weighted by atomic mass is 10.1. The number of rotatable bonds is 6. The van der Waals surface area contributed by atoms with Crippen molar-refractivity contribution < 1.29 is 0 Å². The second-order valence-electron chi connectivity index (χ2n) is 4.17. The molecular formula is C13H22N2S. The van der Waals surface area contributed by atoms with Crippen LogP contribution in [0.5, 0.6) is 0 Å². The fourth-order valence-electron chi connectivity index (χ4n) is 1.65. The molecule has 90 valence electrons. The summed E-state index contributed by atoms with van der Waals surface area (Å²) < 4.78 is 0. The molecule has 0 aliphatic heterocycles. The van der Waals surface area contributed by atoms with Crippen molar-refractivity contribution in [2.75, 3.05) is 42.9 Å². The van der Waals surface area contributed by atoms with E-state index in [9.17, 15) is 0 Å². The fourth-order valence-corrected chi connectivity index (χ4v) is 2.08. The first kappa shape index (κ1) is 13.2. The average Bonchev–Trinajstić information content (AvgIpc) is 2.26. The van der Waals surface area contributed by atoms with E-state index in [2.05, 4.69) is 55.7 Å². The highest BCUT2D eigenvalue weighted by Crippen LogP contribution is 2.22. The summed E-state index contributed by atoms with van der Waals surface area (Å²) in [5.41, 5.74) is 3.82. The number of benzene rings is 1. The maximum Gasteiger partial charge on any atom is 0.0411 e. The maximum absolute atomic E-state index is 3.46. The lowest BCUT2D eigenvalue weighted by Gasteiger charge is -2.17. The molecular weight excluding hydrogens is 216 g/mol. The summed E-state index contributed by atoms with van der Waals surface area (Å²) >= 11 is 1.90. The first-order valence-electron chi connectivity index (χ1n) is 5.66. The predicted octanol–water partition coefficient (Wildman–Crippen LogP) is 3.23. The first-order chi connectivity index (χ1) is 7.65. The van der Waals surface area contributed by atoms with Gasteiger partial charge in [-0.2, -0.15) is 11.8 Å². The third kappa shape index (κ3) is 3.97. The van der Waals surface area contributed by atoms with E-state index >= 15 is 0 Å². The van der Waals surface area contributed by atoms with Crippen molar-refractivity contribution in [3.8, 4) is 0 Å². The van der Waals surface area contributed by atoms with Gasteiger partial charge in [0.15, 0.2) is 0 Å². The van der Waals surface area contributed by atoms with Crippen molar-refractivity contribution in [3.63, 3.8) is 0 Å². The highest BCUT2D eigenvalue weighted by Gasteiger charge is 2.01. The number of hydrogen-bond acceptors (Lipinski definition) is 3. The van der Waals surface area contributed by atoms with Crippen LogP contribution in [0.4, 0.5) is 11.4 Å². The summed E-state index contributed by atoms with van der Waals surface area (Å²) in [4.78, 5) is 2.16. The Kier molecular flexibility index (Phi) is 5.53. The van der Waals surface area contributed by atoms with Gasteiger partial charge in [-0.15, -0.1) is 0 Å². The van der Waals surface area contributed by atoms with Crippen molar-refractivity contribution >= 4 is 23.1 Å². The molecule has 0 heterocycles. The number of hydrogen-bond donors (Lipinski definition) is 1. The molecule has 0 aliphatic rings. The predicted molar refractivity (Wildman–Crippen MR) is 77.0 cm³/mol. The molecule has 2 nitrogen and oxygen atoms in total. The van der Waals surface area contributed by atoms with E-state index in [4.69, 9.17) is 0 Å². The van der Waals surface area contributed by atoms with Crippen LogP contribution in [0.25, 0.3) is 0 Å². The molecule has 0 bridgehead atoms. The molecule has 0 radical (unpaired) electrons. The molecule has 1 rings (SSSR count). The molecule has 0 atom stereocenters. The zero-order valence-corrected chi connectivity index (χ0v) is 11.5. The van der Waals surface area contributed by atoms with Crippen molar-refractivity contribution in [2.24, 2.45) is 0 Å². The summed E-state index contributed by atoms with van der Waals surface area (Å²) in [7, 11) is 4.17. The summed E-state index contributed by atoms with van der Waals surface area (Å²) in [6, 6.07) is 6.54. The van der Waals surface area contributed by atoms with Gasteiger partial charge in [0.25, 0.3) is 0 Å². The Balaban J connectivity index is 2.57. The minimum atomic E-state index is 1.05. The Hall–Kier alpha value is -0.830. The monoisotopic (exact) mass is 238 g/mol. The molecule has 1 N–H and O–H groups in total. The number of nitrogens with zero attached hydrogens (tertiary/aromatic N) is 1. The van der Waals surface area contributed by atoms with E-state index in [-0.39, 0.29) is 0 Å². The molecule has 0 amide bonds. The topological polar surface area (TPSA) is 15.3 Å². The Morgan fingerprint density at radius 1 is 1.31 bits per heavy atom. The van der Waals surface area contributed by atoms with E-state index < -0.39 is 0 Å². The van der Waals surface area contributed by atoms with Gasteiger partial charge < -0.3 is 10.2 Å². The van der Waals surface area contributed by atoms with Crippen LogP contribution in [0, 0.1) is 6.92 Å².